The molecule has 6 heteroatoms. The summed E-state index contributed by atoms with van der Waals surface area (Å²) in [7, 11) is 0. The van der Waals surface area contributed by atoms with Crippen LogP contribution in [-0.4, -0.2) is 11.7 Å². The van der Waals surface area contributed by atoms with Gasteiger partial charge in [0.2, 0.25) is 0 Å². The Morgan fingerprint density at radius 3 is 2.39 bits per heavy atom. The lowest BCUT2D eigenvalue weighted by Crippen LogP contribution is -2.27. The molecule has 1 unspecified atom stereocenters. The number of para-hydroxylation sites is 2. The molecule has 1 aromatic heterocycles. The Kier molecular flexibility index (Phi) is 5.55. The van der Waals surface area contributed by atoms with Crippen LogP contribution >= 0.6 is 22.9 Å². The van der Waals surface area contributed by atoms with Crippen molar-refractivity contribution in [3.05, 3.63) is 45.6 Å². The zero-order chi connectivity index (χ0) is 17.0. The van der Waals surface area contributed by atoms with Crippen molar-refractivity contribution in [3.63, 3.8) is 0 Å². The Hall–Kier alpha value is -1.72. The molecule has 2 N–H and O–H groups in total. The molecule has 23 heavy (non-hydrogen) atoms. The molecule has 0 saturated heterocycles. The number of anilines is 2. The minimum Gasteiger partial charge on any atom is -0.444 e. The Morgan fingerprint density at radius 1 is 1.17 bits per heavy atom. The Bertz CT molecular complexity index is 679. The highest BCUT2D eigenvalue weighted by Gasteiger charge is 2.17. The molecule has 2 aromatic rings. The molecule has 2 rings (SSSR count). The zero-order valence-corrected chi connectivity index (χ0v) is 15.2. The minimum atomic E-state index is -0.534. The van der Waals surface area contributed by atoms with Gasteiger partial charge in [-0.1, -0.05) is 23.7 Å². The number of rotatable bonds is 4. The van der Waals surface area contributed by atoms with Crippen LogP contribution in [0.5, 0.6) is 0 Å². The average molecular weight is 353 g/mol. The third-order valence-electron chi connectivity index (χ3n) is 2.96. The molecule has 0 spiro atoms. The van der Waals surface area contributed by atoms with Gasteiger partial charge in [-0.25, -0.2) is 4.79 Å². The standard InChI is InChI=1S/C17H21ClN2O2S/c1-11(14-9-10-15(18)23-14)19-12-7-5-6-8-13(12)20-16(21)22-17(2,3)4/h5-11,19H,1-4H3,(H,20,21). The summed E-state index contributed by atoms with van der Waals surface area (Å²) in [4.78, 5) is 13.1. The smallest absolute Gasteiger partial charge is 0.412 e. The predicted molar refractivity (Wildman–Crippen MR) is 97.7 cm³/mol. The van der Waals surface area contributed by atoms with Crippen molar-refractivity contribution in [1.29, 1.82) is 0 Å². The van der Waals surface area contributed by atoms with Gasteiger partial charge in [0, 0.05) is 4.88 Å². The first-order valence-electron chi connectivity index (χ1n) is 7.35. The highest BCUT2D eigenvalue weighted by molar-refractivity contribution is 7.16. The van der Waals surface area contributed by atoms with Crippen LogP contribution in [-0.2, 0) is 4.74 Å². The maximum Gasteiger partial charge on any atom is 0.412 e. The van der Waals surface area contributed by atoms with Crippen LogP contribution in [0.2, 0.25) is 4.34 Å². The van der Waals surface area contributed by atoms with E-state index in [2.05, 4.69) is 10.6 Å². The summed E-state index contributed by atoms with van der Waals surface area (Å²) in [5, 5.41) is 6.17. The molecule has 0 fully saturated rings. The molecular weight excluding hydrogens is 332 g/mol. The molecule has 4 nitrogen and oxygen atoms in total. The molecule has 0 aliphatic heterocycles. The Balaban J connectivity index is 2.09. The van der Waals surface area contributed by atoms with Crippen LogP contribution in [0.3, 0.4) is 0 Å². The van der Waals surface area contributed by atoms with Gasteiger partial charge in [0.1, 0.15) is 5.60 Å². The van der Waals surface area contributed by atoms with E-state index in [0.29, 0.717) is 5.69 Å². The van der Waals surface area contributed by atoms with Gasteiger partial charge in [-0.05, 0) is 52.0 Å². The van der Waals surface area contributed by atoms with Crippen LogP contribution in [0.15, 0.2) is 36.4 Å². The summed E-state index contributed by atoms with van der Waals surface area (Å²) in [5.41, 5.74) is 0.972. The minimum absolute atomic E-state index is 0.0779. The molecular formula is C17H21ClN2O2S. The zero-order valence-electron chi connectivity index (χ0n) is 13.6. The van der Waals surface area contributed by atoms with Crippen LogP contribution in [0.25, 0.3) is 0 Å². The number of halogens is 1. The van der Waals surface area contributed by atoms with E-state index in [1.807, 2.05) is 64.1 Å². The number of benzene rings is 1. The fourth-order valence-corrected chi connectivity index (χ4v) is 3.06. The fourth-order valence-electron chi connectivity index (χ4n) is 2.00. The summed E-state index contributed by atoms with van der Waals surface area (Å²) < 4.78 is 6.05. The van der Waals surface area contributed by atoms with Gasteiger partial charge in [-0.2, -0.15) is 0 Å². The summed E-state index contributed by atoms with van der Waals surface area (Å²) in [6.45, 7) is 7.55. The Labute approximate surface area is 145 Å². The van der Waals surface area contributed by atoms with Crippen LogP contribution in [0.1, 0.15) is 38.6 Å². The molecule has 0 aliphatic rings. The van der Waals surface area contributed by atoms with E-state index in [-0.39, 0.29) is 6.04 Å². The molecule has 0 saturated carbocycles. The van der Waals surface area contributed by atoms with Crippen LogP contribution in [0.4, 0.5) is 16.2 Å². The molecule has 124 valence electrons. The molecule has 1 atom stereocenters. The number of hydrogen-bond donors (Lipinski definition) is 2. The summed E-state index contributed by atoms with van der Waals surface area (Å²) in [5.74, 6) is 0. The van der Waals surface area contributed by atoms with Crippen LogP contribution < -0.4 is 10.6 Å². The first-order chi connectivity index (χ1) is 10.7. The highest BCUT2D eigenvalue weighted by atomic mass is 35.5. The number of hydrogen-bond acceptors (Lipinski definition) is 4. The van der Waals surface area contributed by atoms with Gasteiger partial charge in [-0.3, -0.25) is 5.32 Å². The van der Waals surface area contributed by atoms with Crippen molar-refractivity contribution >= 4 is 40.4 Å². The number of amides is 1. The van der Waals surface area contributed by atoms with Gasteiger partial charge in [0.15, 0.2) is 0 Å². The molecule has 0 bridgehead atoms. The van der Waals surface area contributed by atoms with E-state index in [1.54, 1.807) is 0 Å². The van der Waals surface area contributed by atoms with Gasteiger partial charge < -0.3 is 10.1 Å². The third kappa shape index (κ3) is 5.44. The monoisotopic (exact) mass is 352 g/mol. The second-order valence-electron chi connectivity index (χ2n) is 6.18. The lowest BCUT2D eigenvalue weighted by molar-refractivity contribution is 0.0636. The van der Waals surface area contributed by atoms with Crippen molar-refractivity contribution in [1.82, 2.24) is 0 Å². The highest BCUT2D eigenvalue weighted by Crippen LogP contribution is 2.31. The number of carbonyl (C=O) groups excluding carboxylic acids is 1. The normalized spacial score (nSPS) is 12.6. The van der Waals surface area contributed by atoms with Crippen molar-refractivity contribution in [2.45, 2.75) is 39.3 Å². The third-order valence-corrected chi connectivity index (χ3v) is 4.37. The SMILES string of the molecule is CC(Nc1ccccc1NC(=O)OC(C)(C)C)c1ccc(Cl)s1. The Morgan fingerprint density at radius 2 is 1.83 bits per heavy atom. The molecule has 1 aromatic carbocycles. The van der Waals surface area contributed by atoms with Gasteiger partial charge in [0.05, 0.1) is 21.8 Å². The van der Waals surface area contributed by atoms with Crippen LogP contribution in [0, 0.1) is 0 Å². The molecule has 1 amide bonds. The second kappa shape index (κ2) is 7.23. The van der Waals surface area contributed by atoms with Crippen molar-refractivity contribution in [3.8, 4) is 0 Å². The van der Waals surface area contributed by atoms with E-state index in [9.17, 15) is 4.79 Å². The maximum absolute atomic E-state index is 12.0. The van der Waals surface area contributed by atoms with Gasteiger partial charge in [-0.15, -0.1) is 11.3 Å². The van der Waals surface area contributed by atoms with Gasteiger partial charge in [0.25, 0.3) is 0 Å². The average Bonchev–Trinajstić information content (AvgIpc) is 2.85. The first kappa shape index (κ1) is 17.6. The molecule has 1 heterocycles. The topological polar surface area (TPSA) is 50.4 Å². The van der Waals surface area contributed by atoms with Gasteiger partial charge >= 0.3 is 6.09 Å². The number of nitrogens with one attached hydrogen (secondary N) is 2. The largest absolute Gasteiger partial charge is 0.444 e. The number of ether oxygens (including phenoxy) is 1. The number of carbonyl (C=O) groups is 1. The van der Waals surface area contributed by atoms with Crippen molar-refractivity contribution in [2.24, 2.45) is 0 Å². The predicted octanol–water partition coefficient (Wildman–Crippen LogP) is 5.92. The summed E-state index contributed by atoms with van der Waals surface area (Å²) in [6.07, 6.45) is -0.474. The van der Waals surface area contributed by atoms with E-state index < -0.39 is 11.7 Å². The quantitative estimate of drug-likeness (QED) is 0.717. The lowest BCUT2D eigenvalue weighted by Gasteiger charge is -2.21. The number of thiophene rings is 1. The summed E-state index contributed by atoms with van der Waals surface area (Å²) >= 11 is 7.52. The van der Waals surface area contributed by atoms with E-state index in [1.165, 1.54) is 11.3 Å². The maximum atomic E-state index is 12.0. The van der Waals surface area contributed by atoms with E-state index >= 15 is 0 Å². The van der Waals surface area contributed by atoms with Crippen molar-refractivity contribution in [2.75, 3.05) is 10.6 Å². The molecule has 0 radical (unpaired) electrons. The van der Waals surface area contributed by atoms with E-state index in [0.717, 1.165) is 14.9 Å². The second-order valence-corrected chi connectivity index (χ2v) is 7.93. The first-order valence-corrected chi connectivity index (χ1v) is 8.55. The van der Waals surface area contributed by atoms with E-state index in [4.69, 9.17) is 16.3 Å². The lowest BCUT2D eigenvalue weighted by atomic mass is 10.2. The van der Waals surface area contributed by atoms with Crippen molar-refractivity contribution < 1.29 is 9.53 Å². The summed E-state index contributed by atoms with van der Waals surface area (Å²) in [6, 6.07) is 11.5. The fraction of sp³-hybridized carbons (Fsp3) is 0.353. The molecule has 0 aliphatic carbocycles.